The lowest BCUT2D eigenvalue weighted by atomic mass is 10.3. The Balaban J connectivity index is 2.67. The van der Waals surface area contributed by atoms with Crippen molar-refractivity contribution in [1.82, 2.24) is 0 Å². The molecule has 72 valence electrons. The van der Waals surface area contributed by atoms with Gasteiger partial charge < -0.3 is 10.5 Å². The summed E-state index contributed by atoms with van der Waals surface area (Å²) in [6.45, 7) is -0.583. The number of ether oxygens (including phenoxy) is 1. The minimum Gasteiger partial charge on any atom is -0.487 e. The van der Waals surface area contributed by atoms with Crippen LogP contribution in [-0.4, -0.2) is 13.0 Å². The number of rotatable bonds is 3. The van der Waals surface area contributed by atoms with Crippen molar-refractivity contribution in [3.63, 3.8) is 0 Å². The van der Waals surface area contributed by atoms with Crippen molar-refractivity contribution in [1.29, 1.82) is 0 Å². The Morgan fingerprint density at radius 2 is 2.15 bits per heavy atom. The highest BCUT2D eigenvalue weighted by atomic mass is 127. The molecule has 0 spiro atoms. The predicted octanol–water partition coefficient (Wildman–Crippen LogP) is 2.52. The van der Waals surface area contributed by atoms with Gasteiger partial charge >= 0.3 is 0 Å². The van der Waals surface area contributed by atoms with Gasteiger partial charge in [-0.25, -0.2) is 8.78 Å². The van der Waals surface area contributed by atoms with Crippen molar-refractivity contribution in [2.75, 3.05) is 12.3 Å². The highest BCUT2D eigenvalue weighted by Crippen LogP contribution is 2.23. The van der Waals surface area contributed by atoms with Crippen molar-refractivity contribution in [3.8, 4) is 5.75 Å². The molecule has 2 nitrogen and oxygen atoms in total. The summed E-state index contributed by atoms with van der Waals surface area (Å²) in [6.07, 6.45) is -2.45. The molecule has 1 rings (SSSR count). The second-order valence-corrected chi connectivity index (χ2v) is 3.55. The molecule has 1 aromatic carbocycles. The summed E-state index contributed by atoms with van der Waals surface area (Å²) in [4.78, 5) is 0. The fourth-order valence-electron chi connectivity index (χ4n) is 0.787. The normalized spacial score (nSPS) is 10.5. The van der Waals surface area contributed by atoms with E-state index in [4.69, 9.17) is 10.5 Å². The molecule has 0 fully saturated rings. The Bertz CT molecular complexity index is 293. The molecule has 0 radical (unpaired) electrons. The monoisotopic (exact) mass is 299 g/mol. The van der Waals surface area contributed by atoms with Gasteiger partial charge in [-0.15, -0.1) is 0 Å². The van der Waals surface area contributed by atoms with Crippen LogP contribution in [0.2, 0.25) is 0 Å². The molecule has 0 aliphatic carbocycles. The zero-order chi connectivity index (χ0) is 9.84. The molecule has 0 amide bonds. The van der Waals surface area contributed by atoms with Crippen LogP contribution in [0.1, 0.15) is 0 Å². The van der Waals surface area contributed by atoms with Crippen molar-refractivity contribution < 1.29 is 13.5 Å². The zero-order valence-corrected chi connectivity index (χ0v) is 8.79. The van der Waals surface area contributed by atoms with Crippen LogP contribution in [0.4, 0.5) is 14.5 Å². The van der Waals surface area contributed by atoms with Crippen molar-refractivity contribution in [3.05, 3.63) is 21.8 Å². The molecule has 0 bridgehead atoms. The quantitative estimate of drug-likeness (QED) is 0.687. The van der Waals surface area contributed by atoms with E-state index in [9.17, 15) is 8.78 Å². The van der Waals surface area contributed by atoms with Crippen molar-refractivity contribution >= 4 is 28.3 Å². The molecular weight excluding hydrogens is 291 g/mol. The standard InChI is InChI=1S/C8H8F2INO/c9-8(10)4-13-7-2-1-5(12)3-6(7)11/h1-3,8H,4,12H2. The van der Waals surface area contributed by atoms with Crippen LogP contribution in [-0.2, 0) is 0 Å². The molecule has 2 N–H and O–H groups in total. The second-order valence-electron chi connectivity index (χ2n) is 2.39. The molecule has 0 saturated heterocycles. The van der Waals surface area contributed by atoms with E-state index >= 15 is 0 Å². The fraction of sp³-hybridized carbons (Fsp3) is 0.250. The first-order valence-corrected chi connectivity index (χ1v) is 4.63. The fourth-order valence-corrected chi connectivity index (χ4v) is 1.48. The Morgan fingerprint density at radius 1 is 1.46 bits per heavy atom. The van der Waals surface area contributed by atoms with Crippen LogP contribution in [0, 0.1) is 3.57 Å². The number of nitrogens with two attached hydrogens (primary N) is 1. The summed E-state index contributed by atoms with van der Waals surface area (Å²) >= 11 is 1.98. The molecule has 0 unspecified atom stereocenters. The lowest BCUT2D eigenvalue weighted by Gasteiger charge is -2.07. The first-order chi connectivity index (χ1) is 6.09. The van der Waals surface area contributed by atoms with Crippen molar-refractivity contribution in [2.24, 2.45) is 0 Å². The van der Waals surface area contributed by atoms with Gasteiger partial charge in [0, 0.05) is 5.69 Å². The number of halogens is 3. The van der Waals surface area contributed by atoms with Gasteiger partial charge in [-0.1, -0.05) is 0 Å². The van der Waals surface area contributed by atoms with Gasteiger partial charge in [-0.2, -0.15) is 0 Å². The highest BCUT2D eigenvalue weighted by Gasteiger charge is 2.06. The topological polar surface area (TPSA) is 35.2 Å². The van der Waals surface area contributed by atoms with Crippen LogP contribution < -0.4 is 10.5 Å². The number of hydrogen-bond acceptors (Lipinski definition) is 2. The zero-order valence-electron chi connectivity index (χ0n) is 6.64. The summed E-state index contributed by atoms with van der Waals surface area (Å²) < 4.78 is 29.1. The Hall–Kier alpha value is -0.590. The van der Waals surface area contributed by atoms with E-state index in [1.54, 1.807) is 18.2 Å². The second kappa shape index (κ2) is 4.59. The summed E-state index contributed by atoms with van der Waals surface area (Å²) in [5.74, 6) is 0.440. The summed E-state index contributed by atoms with van der Waals surface area (Å²) in [6, 6.07) is 4.86. The average Bonchev–Trinajstić information content (AvgIpc) is 2.02. The average molecular weight is 299 g/mol. The van der Waals surface area contributed by atoms with E-state index in [1.165, 1.54) is 0 Å². The largest absolute Gasteiger partial charge is 0.487 e. The number of nitrogen functional groups attached to an aromatic ring is 1. The minimum atomic E-state index is -2.45. The molecule has 0 aliphatic rings. The van der Waals surface area contributed by atoms with Crippen LogP contribution >= 0.6 is 22.6 Å². The molecule has 0 aliphatic heterocycles. The lowest BCUT2D eigenvalue weighted by molar-refractivity contribution is 0.0815. The summed E-state index contributed by atoms with van der Waals surface area (Å²) in [5.41, 5.74) is 6.07. The van der Waals surface area contributed by atoms with E-state index in [2.05, 4.69) is 0 Å². The lowest BCUT2D eigenvalue weighted by Crippen LogP contribution is -2.07. The maximum atomic E-state index is 11.8. The summed E-state index contributed by atoms with van der Waals surface area (Å²) in [7, 11) is 0. The molecule has 5 heteroatoms. The summed E-state index contributed by atoms with van der Waals surface area (Å²) in [5, 5.41) is 0. The van der Waals surface area contributed by atoms with E-state index in [1.807, 2.05) is 22.6 Å². The van der Waals surface area contributed by atoms with Gasteiger partial charge in [-0.05, 0) is 40.8 Å². The molecule has 0 aromatic heterocycles. The van der Waals surface area contributed by atoms with Crippen molar-refractivity contribution in [2.45, 2.75) is 6.43 Å². The number of hydrogen-bond donors (Lipinski definition) is 1. The SMILES string of the molecule is Nc1ccc(OCC(F)F)c(I)c1. The van der Waals surface area contributed by atoms with Gasteiger partial charge in [0.25, 0.3) is 6.43 Å². The first kappa shape index (κ1) is 10.5. The minimum absolute atomic E-state index is 0.440. The third kappa shape index (κ3) is 3.33. The number of alkyl halides is 2. The van der Waals surface area contributed by atoms with Gasteiger partial charge in [0.05, 0.1) is 3.57 Å². The maximum Gasteiger partial charge on any atom is 0.272 e. The molecule has 13 heavy (non-hydrogen) atoms. The smallest absolute Gasteiger partial charge is 0.272 e. The Morgan fingerprint density at radius 3 is 2.69 bits per heavy atom. The van der Waals surface area contributed by atoms with Gasteiger partial charge in [0.1, 0.15) is 12.4 Å². The molecule has 0 saturated carbocycles. The molecule has 1 aromatic rings. The number of anilines is 1. The van der Waals surface area contributed by atoms with Gasteiger partial charge in [0.15, 0.2) is 0 Å². The van der Waals surface area contributed by atoms with Gasteiger partial charge in [-0.3, -0.25) is 0 Å². The Labute approximate surface area is 88.2 Å². The molecule has 0 atom stereocenters. The van der Waals surface area contributed by atoms with Crippen LogP contribution in [0.3, 0.4) is 0 Å². The number of benzene rings is 1. The Kier molecular flexibility index (Phi) is 3.71. The van der Waals surface area contributed by atoms with Crippen LogP contribution in [0.5, 0.6) is 5.75 Å². The van der Waals surface area contributed by atoms with Crippen LogP contribution in [0.25, 0.3) is 0 Å². The highest BCUT2D eigenvalue weighted by molar-refractivity contribution is 14.1. The van der Waals surface area contributed by atoms with Crippen LogP contribution in [0.15, 0.2) is 18.2 Å². The van der Waals surface area contributed by atoms with Gasteiger partial charge in [0.2, 0.25) is 0 Å². The third-order valence-corrected chi connectivity index (χ3v) is 2.16. The van der Waals surface area contributed by atoms with E-state index < -0.39 is 13.0 Å². The third-order valence-electron chi connectivity index (χ3n) is 1.32. The molecular formula is C8H8F2INO. The van der Waals surface area contributed by atoms with E-state index in [0.29, 0.717) is 11.4 Å². The molecule has 0 heterocycles. The van der Waals surface area contributed by atoms with E-state index in [-0.39, 0.29) is 0 Å². The maximum absolute atomic E-state index is 11.8. The first-order valence-electron chi connectivity index (χ1n) is 3.55. The van der Waals surface area contributed by atoms with E-state index in [0.717, 1.165) is 3.57 Å². The predicted molar refractivity (Wildman–Crippen MR) is 55.1 cm³/mol.